The number of nitrogens with one attached hydrogen (secondary N) is 1. The fraction of sp³-hybridized carbons (Fsp3) is 0.417. The molecule has 0 radical (unpaired) electrons. The van der Waals surface area contributed by atoms with Crippen LogP contribution < -0.4 is 5.69 Å². The number of carboxylic acids is 1. The Morgan fingerprint density at radius 2 is 2.24 bits per heavy atom. The molecule has 0 atom stereocenters. The quantitative estimate of drug-likeness (QED) is 0.857. The number of carbonyl (C=O) groups is 1. The molecule has 0 aromatic carbocycles. The van der Waals surface area contributed by atoms with Gasteiger partial charge in [-0.15, -0.1) is 5.10 Å². The molecule has 0 spiro atoms. The molecule has 0 aliphatic carbocycles. The Bertz CT molecular complexity index is 722. The third kappa shape index (κ3) is 3.13. The highest BCUT2D eigenvalue weighted by molar-refractivity contribution is 7.99. The summed E-state index contributed by atoms with van der Waals surface area (Å²) in [6.07, 6.45) is 1.45. The number of aromatic carboxylic acids is 1. The SMILES string of the molecule is CCn1c(Sc2cnc(C(C)C)nc2C(=O)O)n[nH]c1=O. The number of nitrogens with zero attached hydrogens (tertiary/aromatic N) is 4. The van der Waals surface area contributed by atoms with Crippen LogP contribution in [0.5, 0.6) is 0 Å². The van der Waals surface area contributed by atoms with Gasteiger partial charge in [-0.25, -0.2) is 24.7 Å². The van der Waals surface area contributed by atoms with Crippen LogP contribution in [0.25, 0.3) is 0 Å². The van der Waals surface area contributed by atoms with Crippen LogP contribution in [0, 0.1) is 0 Å². The summed E-state index contributed by atoms with van der Waals surface area (Å²) >= 11 is 1.05. The van der Waals surface area contributed by atoms with E-state index in [0.29, 0.717) is 22.4 Å². The summed E-state index contributed by atoms with van der Waals surface area (Å²) in [6, 6.07) is 0. The second-order valence-electron chi connectivity index (χ2n) is 4.56. The van der Waals surface area contributed by atoms with Gasteiger partial charge in [-0.2, -0.15) is 0 Å². The van der Waals surface area contributed by atoms with Gasteiger partial charge < -0.3 is 5.11 Å². The lowest BCUT2D eigenvalue weighted by Gasteiger charge is -2.08. The molecule has 0 saturated carbocycles. The minimum absolute atomic E-state index is 0.0290. The highest BCUT2D eigenvalue weighted by atomic mass is 32.2. The molecular weight excluding hydrogens is 294 g/mol. The molecule has 9 heteroatoms. The van der Waals surface area contributed by atoms with Crippen LogP contribution in [0.4, 0.5) is 0 Å². The number of hydrogen-bond acceptors (Lipinski definition) is 6. The number of carboxylic acid groups (broad SMARTS) is 1. The van der Waals surface area contributed by atoms with E-state index in [1.807, 2.05) is 13.8 Å². The number of hydrogen-bond donors (Lipinski definition) is 2. The lowest BCUT2D eigenvalue weighted by atomic mass is 10.2. The van der Waals surface area contributed by atoms with Crippen molar-refractivity contribution >= 4 is 17.7 Å². The second-order valence-corrected chi connectivity index (χ2v) is 5.57. The standard InChI is InChI=1S/C12H15N5O3S/c1-4-17-11(20)15-16-12(17)21-7-5-13-9(6(2)3)14-8(7)10(18)19/h5-6H,4H2,1-3H3,(H,15,20)(H,18,19). The Morgan fingerprint density at radius 1 is 1.52 bits per heavy atom. The third-order valence-electron chi connectivity index (χ3n) is 2.73. The Labute approximate surface area is 124 Å². The number of rotatable bonds is 5. The Morgan fingerprint density at radius 3 is 2.81 bits per heavy atom. The predicted molar refractivity (Wildman–Crippen MR) is 75.7 cm³/mol. The summed E-state index contributed by atoms with van der Waals surface area (Å²) in [5, 5.41) is 15.9. The molecule has 112 valence electrons. The Balaban J connectivity index is 2.44. The summed E-state index contributed by atoms with van der Waals surface area (Å²) in [5.41, 5.74) is -0.423. The molecule has 2 heterocycles. The van der Waals surface area contributed by atoms with Gasteiger partial charge in [0.25, 0.3) is 0 Å². The maximum Gasteiger partial charge on any atom is 0.355 e. The zero-order valence-corrected chi connectivity index (χ0v) is 12.6. The van der Waals surface area contributed by atoms with Crippen LogP contribution in [0.15, 0.2) is 21.0 Å². The Kier molecular flexibility index (Phi) is 4.41. The molecule has 2 N–H and O–H groups in total. The lowest BCUT2D eigenvalue weighted by molar-refractivity contribution is 0.0685. The van der Waals surface area contributed by atoms with E-state index < -0.39 is 5.97 Å². The molecular formula is C12H15N5O3S. The van der Waals surface area contributed by atoms with E-state index in [2.05, 4.69) is 20.2 Å². The molecule has 2 rings (SSSR count). The van der Waals surface area contributed by atoms with Crippen molar-refractivity contribution in [2.45, 2.75) is 43.3 Å². The van der Waals surface area contributed by atoms with Crippen molar-refractivity contribution in [3.05, 3.63) is 28.2 Å². The van der Waals surface area contributed by atoms with Gasteiger partial charge in [0.2, 0.25) is 0 Å². The highest BCUT2D eigenvalue weighted by Crippen LogP contribution is 2.27. The van der Waals surface area contributed by atoms with Gasteiger partial charge in [-0.05, 0) is 18.7 Å². The maximum absolute atomic E-state index is 11.5. The van der Waals surface area contributed by atoms with E-state index in [4.69, 9.17) is 0 Å². The number of H-pyrrole nitrogens is 1. The van der Waals surface area contributed by atoms with Gasteiger partial charge in [0.15, 0.2) is 10.9 Å². The van der Waals surface area contributed by atoms with E-state index in [1.165, 1.54) is 10.8 Å². The molecule has 8 nitrogen and oxygen atoms in total. The maximum atomic E-state index is 11.5. The first-order chi connectivity index (χ1) is 9.93. The van der Waals surface area contributed by atoms with E-state index in [-0.39, 0.29) is 17.3 Å². The minimum atomic E-state index is -1.14. The van der Waals surface area contributed by atoms with Crippen LogP contribution in [-0.2, 0) is 6.54 Å². The molecule has 0 aliphatic heterocycles. The van der Waals surface area contributed by atoms with Crippen molar-refractivity contribution in [2.24, 2.45) is 0 Å². The largest absolute Gasteiger partial charge is 0.476 e. The molecule has 2 aromatic heterocycles. The third-order valence-corrected chi connectivity index (χ3v) is 3.75. The van der Waals surface area contributed by atoms with Gasteiger partial charge in [0, 0.05) is 18.7 Å². The minimum Gasteiger partial charge on any atom is -0.476 e. The van der Waals surface area contributed by atoms with Crippen molar-refractivity contribution in [3.63, 3.8) is 0 Å². The van der Waals surface area contributed by atoms with E-state index in [0.717, 1.165) is 11.8 Å². The summed E-state index contributed by atoms with van der Waals surface area (Å²) in [4.78, 5) is 31.4. The van der Waals surface area contributed by atoms with Crippen molar-refractivity contribution in [1.82, 2.24) is 24.7 Å². The van der Waals surface area contributed by atoms with Gasteiger partial charge in [-0.1, -0.05) is 13.8 Å². The molecule has 0 bridgehead atoms. The molecule has 0 fully saturated rings. The summed E-state index contributed by atoms with van der Waals surface area (Å²) in [7, 11) is 0. The van der Waals surface area contributed by atoms with E-state index in [1.54, 1.807) is 6.92 Å². The predicted octanol–water partition coefficient (Wildman–Crippen LogP) is 1.35. The highest BCUT2D eigenvalue weighted by Gasteiger charge is 2.19. The Hall–Kier alpha value is -2.16. The van der Waals surface area contributed by atoms with Crippen LogP contribution in [0.1, 0.15) is 43.0 Å². The van der Waals surface area contributed by atoms with Crippen LogP contribution in [-0.4, -0.2) is 35.8 Å². The average molecular weight is 309 g/mol. The fourth-order valence-electron chi connectivity index (χ4n) is 1.65. The molecule has 0 aliphatic rings. The summed E-state index contributed by atoms with van der Waals surface area (Å²) < 4.78 is 1.41. The molecule has 0 saturated heterocycles. The van der Waals surface area contributed by atoms with Gasteiger partial charge in [-0.3, -0.25) is 4.57 Å². The first kappa shape index (κ1) is 15.2. The van der Waals surface area contributed by atoms with Crippen LogP contribution >= 0.6 is 11.8 Å². The molecule has 0 unspecified atom stereocenters. The normalized spacial score (nSPS) is 11.0. The fourth-order valence-corrected chi connectivity index (χ4v) is 2.59. The van der Waals surface area contributed by atoms with Crippen molar-refractivity contribution < 1.29 is 9.90 Å². The lowest BCUT2D eigenvalue weighted by Crippen LogP contribution is -2.16. The molecule has 21 heavy (non-hydrogen) atoms. The van der Waals surface area contributed by atoms with Crippen molar-refractivity contribution in [3.8, 4) is 0 Å². The van der Waals surface area contributed by atoms with E-state index in [9.17, 15) is 14.7 Å². The van der Waals surface area contributed by atoms with Crippen molar-refractivity contribution in [2.75, 3.05) is 0 Å². The smallest absolute Gasteiger partial charge is 0.355 e. The zero-order chi connectivity index (χ0) is 15.6. The molecule has 2 aromatic rings. The zero-order valence-electron chi connectivity index (χ0n) is 11.8. The summed E-state index contributed by atoms with van der Waals surface area (Å²) in [5.74, 6) is -0.643. The first-order valence-corrected chi connectivity index (χ1v) is 7.19. The average Bonchev–Trinajstić information content (AvgIpc) is 2.78. The van der Waals surface area contributed by atoms with Crippen LogP contribution in [0.3, 0.4) is 0 Å². The van der Waals surface area contributed by atoms with Gasteiger partial charge in [0.05, 0.1) is 4.90 Å². The number of aromatic nitrogens is 5. The number of aromatic amines is 1. The monoisotopic (exact) mass is 309 g/mol. The first-order valence-electron chi connectivity index (χ1n) is 6.37. The second kappa shape index (κ2) is 6.08. The van der Waals surface area contributed by atoms with Crippen LogP contribution in [0.2, 0.25) is 0 Å². The topological polar surface area (TPSA) is 114 Å². The van der Waals surface area contributed by atoms with E-state index >= 15 is 0 Å². The summed E-state index contributed by atoms with van der Waals surface area (Å²) in [6.45, 7) is 6.01. The van der Waals surface area contributed by atoms with Crippen molar-refractivity contribution in [1.29, 1.82) is 0 Å². The van der Waals surface area contributed by atoms with Gasteiger partial charge in [0.1, 0.15) is 5.82 Å². The van der Waals surface area contributed by atoms with Gasteiger partial charge >= 0.3 is 11.7 Å². The molecule has 0 amide bonds.